The predicted octanol–water partition coefficient (Wildman–Crippen LogP) is 4.00. The van der Waals surface area contributed by atoms with Gasteiger partial charge in [-0.15, -0.1) is 0 Å². The summed E-state index contributed by atoms with van der Waals surface area (Å²) >= 11 is 0. The number of anilines is 2. The minimum Gasteiger partial charge on any atom is -0.361 e. The van der Waals surface area contributed by atoms with E-state index in [2.05, 4.69) is 15.4 Å². The average Bonchev–Trinajstić information content (AvgIpc) is 3.19. The van der Waals surface area contributed by atoms with E-state index >= 15 is 0 Å². The molecule has 9 heteroatoms. The van der Waals surface area contributed by atoms with Gasteiger partial charge in [-0.2, -0.15) is 5.10 Å². The lowest BCUT2D eigenvalue weighted by molar-refractivity contribution is -0.117. The first-order valence-electron chi connectivity index (χ1n) is 10.5. The molecule has 0 fully saturated rings. The molecule has 32 heavy (non-hydrogen) atoms. The molecule has 0 unspecified atom stereocenters. The Labute approximate surface area is 184 Å². The number of pyridine rings is 1. The number of hydrogen-bond donors (Lipinski definition) is 1. The van der Waals surface area contributed by atoms with E-state index in [1.54, 1.807) is 17.1 Å². The molecular weight excluding hydrogens is 419 g/mol. The van der Waals surface area contributed by atoms with E-state index in [1.165, 1.54) is 0 Å². The Bertz CT molecular complexity index is 1150. The Hall–Kier alpha value is -3.36. The van der Waals surface area contributed by atoms with Crippen molar-refractivity contribution in [1.82, 2.24) is 14.8 Å². The Balaban J connectivity index is 1.46. The van der Waals surface area contributed by atoms with Crippen LogP contribution in [0, 0.1) is 24.4 Å². The highest BCUT2D eigenvalue weighted by atomic mass is 19.2. The lowest BCUT2D eigenvalue weighted by Gasteiger charge is -2.35. The molecule has 3 heterocycles. The van der Waals surface area contributed by atoms with Crippen molar-refractivity contribution < 1.29 is 18.0 Å². The molecule has 0 saturated heterocycles. The summed E-state index contributed by atoms with van der Waals surface area (Å²) in [5, 5.41) is 7.20. The van der Waals surface area contributed by atoms with E-state index < -0.39 is 17.5 Å². The van der Waals surface area contributed by atoms with Gasteiger partial charge in [-0.25, -0.2) is 13.2 Å². The summed E-state index contributed by atoms with van der Waals surface area (Å²) in [4.78, 5) is 18.9. The Morgan fingerprint density at radius 1 is 1.09 bits per heavy atom. The molecular formula is C23H24F3N5O. The molecule has 1 amide bonds. The molecule has 0 bridgehead atoms. The molecule has 1 aliphatic rings. The van der Waals surface area contributed by atoms with E-state index in [-0.39, 0.29) is 18.5 Å². The second-order valence-corrected chi connectivity index (χ2v) is 8.04. The number of amides is 1. The normalized spacial score (nSPS) is 15.6. The van der Waals surface area contributed by atoms with Gasteiger partial charge in [-0.3, -0.25) is 14.5 Å². The van der Waals surface area contributed by atoms with Crippen molar-refractivity contribution in [3.05, 3.63) is 70.6 Å². The maximum Gasteiger partial charge on any atom is 0.247 e. The SMILES string of the molecule is CC[C@H]1C(=O)Nc2c(cc(CCc3cnn(Cc4cc(F)c(F)c(F)c4)c3)nc2C)N1C. The van der Waals surface area contributed by atoms with Gasteiger partial charge in [0.2, 0.25) is 5.91 Å². The van der Waals surface area contributed by atoms with Crippen LogP contribution in [-0.4, -0.2) is 33.8 Å². The second kappa shape index (κ2) is 8.64. The van der Waals surface area contributed by atoms with Crippen LogP contribution >= 0.6 is 0 Å². The Morgan fingerprint density at radius 3 is 2.50 bits per heavy atom. The van der Waals surface area contributed by atoms with E-state index in [9.17, 15) is 18.0 Å². The van der Waals surface area contributed by atoms with Crippen LogP contribution in [0.25, 0.3) is 0 Å². The quantitative estimate of drug-likeness (QED) is 0.585. The molecule has 168 valence electrons. The minimum atomic E-state index is -1.47. The van der Waals surface area contributed by atoms with Gasteiger partial charge in [0.1, 0.15) is 6.04 Å². The van der Waals surface area contributed by atoms with Crippen molar-refractivity contribution >= 4 is 17.3 Å². The van der Waals surface area contributed by atoms with Crippen LogP contribution in [0.3, 0.4) is 0 Å². The van der Waals surface area contributed by atoms with Crippen molar-refractivity contribution in [3.63, 3.8) is 0 Å². The second-order valence-electron chi connectivity index (χ2n) is 8.04. The lowest BCUT2D eigenvalue weighted by atomic mass is 10.0. The fourth-order valence-electron chi connectivity index (χ4n) is 4.07. The van der Waals surface area contributed by atoms with Crippen LogP contribution < -0.4 is 10.2 Å². The largest absolute Gasteiger partial charge is 0.361 e. The van der Waals surface area contributed by atoms with Crippen LogP contribution in [0.5, 0.6) is 0 Å². The summed E-state index contributed by atoms with van der Waals surface area (Å²) in [7, 11) is 1.92. The number of aromatic nitrogens is 3. The molecule has 1 aromatic carbocycles. The summed E-state index contributed by atoms with van der Waals surface area (Å²) in [6.07, 6.45) is 5.53. The molecule has 0 spiro atoms. The topological polar surface area (TPSA) is 63.1 Å². The molecule has 3 aromatic rings. The Morgan fingerprint density at radius 2 is 1.81 bits per heavy atom. The standard InChI is InChI=1S/C23H24F3N5O/c1-4-19-23(32)29-22-13(2)28-16(9-20(22)30(19)3)6-5-14-10-27-31(11-14)12-15-7-17(24)21(26)18(25)8-15/h7-11,19H,4-6,12H2,1-3H3,(H,29,32)/t19-/m0/s1. The number of fused-ring (bicyclic) bond motifs is 1. The van der Waals surface area contributed by atoms with Crippen molar-refractivity contribution in [2.45, 2.75) is 45.7 Å². The summed E-state index contributed by atoms with van der Waals surface area (Å²) in [6, 6.07) is 3.73. The number of carbonyl (C=O) groups is 1. The molecule has 4 rings (SSSR count). The van der Waals surface area contributed by atoms with Gasteiger partial charge in [-0.05, 0) is 55.5 Å². The van der Waals surface area contributed by atoms with Crippen LogP contribution in [0.1, 0.15) is 35.9 Å². The third-order valence-electron chi connectivity index (χ3n) is 5.76. The number of benzene rings is 1. The zero-order valence-electron chi connectivity index (χ0n) is 18.1. The summed E-state index contributed by atoms with van der Waals surface area (Å²) in [6.45, 7) is 3.99. The number of rotatable bonds is 6. The van der Waals surface area contributed by atoms with Crippen LogP contribution in [0.4, 0.5) is 24.5 Å². The van der Waals surface area contributed by atoms with Gasteiger partial charge in [0.25, 0.3) is 0 Å². The highest BCUT2D eigenvalue weighted by Crippen LogP contribution is 2.34. The number of carbonyl (C=O) groups excluding carboxylic acids is 1. The summed E-state index contributed by atoms with van der Waals surface area (Å²) < 4.78 is 41.5. The number of aryl methyl sites for hydroxylation is 3. The average molecular weight is 443 g/mol. The monoisotopic (exact) mass is 443 g/mol. The molecule has 1 atom stereocenters. The number of nitrogens with zero attached hydrogens (tertiary/aromatic N) is 4. The van der Waals surface area contributed by atoms with E-state index in [0.29, 0.717) is 24.8 Å². The molecule has 6 nitrogen and oxygen atoms in total. The third-order valence-corrected chi connectivity index (χ3v) is 5.76. The number of halogens is 3. The first kappa shape index (κ1) is 21.9. The maximum absolute atomic E-state index is 13.4. The van der Waals surface area contributed by atoms with Crippen molar-refractivity contribution in [2.75, 3.05) is 17.3 Å². The summed E-state index contributed by atoms with van der Waals surface area (Å²) in [5.41, 5.74) is 4.60. The molecule has 0 aliphatic carbocycles. The van der Waals surface area contributed by atoms with Gasteiger partial charge in [0.05, 0.1) is 29.8 Å². The van der Waals surface area contributed by atoms with Crippen LogP contribution in [-0.2, 0) is 24.2 Å². The fraction of sp³-hybridized carbons (Fsp3) is 0.348. The van der Waals surface area contributed by atoms with E-state index in [1.807, 2.05) is 31.9 Å². The van der Waals surface area contributed by atoms with Gasteiger partial charge in [0, 0.05) is 18.9 Å². The highest BCUT2D eigenvalue weighted by molar-refractivity contribution is 6.04. The molecule has 1 N–H and O–H groups in total. The smallest absolute Gasteiger partial charge is 0.247 e. The minimum absolute atomic E-state index is 0.0199. The number of likely N-dealkylation sites (N-methyl/N-ethyl adjacent to an activating group) is 1. The van der Waals surface area contributed by atoms with E-state index in [4.69, 9.17) is 0 Å². The number of hydrogen-bond acceptors (Lipinski definition) is 4. The van der Waals surface area contributed by atoms with Crippen LogP contribution in [0.15, 0.2) is 30.6 Å². The zero-order valence-corrected chi connectivity index (χ0v) is 18.1. The number of nitrogens with one attached hydrogen (secondary N) is 1. The van der Waals surface area contributed by atoms with Crippen molar-refractivity contribution in [3.8, 4) is 0 Å². The maximum atomic E-state index is 13.4. The van der Waals surface area contributed by atoms with Gasteiger partial charge in [-0.1, -0.05) is 6.92 Å². The fourth-order valence-corrected chi connectivity index (χ4v) is 4.07. The molecule has 1 aliphatic heterocycles. The van der Waals surface area contributed by atoms with Crippen molar-refractivity contribution in [1.29, 1.82) is 0 Å². The molecule has 2 aromatic heterocycles. The van der Waals surface area contributed by atoms with Gasteiger partial charge < -0.3 is 10.2 Å². The van der Waals surface area contributed by atoms with Gasteiger partial charge >= 0.3 is 0 Å². The summed E-state index contributed by atoms with van der Waals surface area (Å²) in [5.74, 6) is -3.92. The lowest BCUT2D eigenvalue weighted by Crippen LogP contribution is -2.46. The molecule has 0 saturated carbocycles. The zero-order chi connectivity index (χ0) is 23.0. The third kappa shape index (κ3) is 4.19. The predicted molar refractivity (Wildman–Crippen MR) is 115 cm³/mol. The first-order chi connectivity index (χ1) is 15.3. The molecule has 0 radical (unpaired) electrons. The Kier molecular flexibility index (Phi) is 5.90. The first-order valence-corrected chi connectivity index (χ1v) is 10.5. The van der Waals surface area contributed by atoms with Crippen LogP contribution in [0.2, 0.25) is 0 Å². The van der Waals surface area contributed by atoms with Crippen molar-refractivity contribution in [2.24, 2.45) is 0 Å². The van der Waals surface area contributed by atoms with Gasteiger partial charge in [0.15, 0.2) is 17.5 Å². The van der Waals surface area contributed by atoms with E-state index in [0.717, 1.165) is 40.5 Å². The highest BCUT2D eigenvalue weighted by Gasteiger charge is 2.30.